The lowest BCUT2D eigenvalue weighted by molar-refractivity contribution is 0.238. The standard InChI is InChI=1S/C7H5N6OS/c1-2-9-7(8-1)5-3-10-13(14-5)6-4-15-12-11-6/h1-2,4,10H,(H,8,9). The molecule has 0 saturated carbocycles. The van der Waals surface area contributed by atoms with Crippen molar-refractivity contribution in [1.29, 1.82) is 0 Å². The third-order valence-electron chi connectivity index (χ3n) is 1.72. The number of hydrogen-bond acceptors (Lipinski definition) is 7. The van der Waals surface area contributed by atoms with Gasteiger partial charge in [0, 0.05) is 12.4 Å². The summed E-state index contributed by atoms with van der Waals surface area (Å²) >= 11 is 1.24. The van der Waals surface area contributed by atoms with E-state index in [0.29, 0.717) is 17.4 Å². The SMILES string of the molecule is [C]1=C(c2ncc[nH]2)ON(c2csnn2)N1. The number of imidazole rings is 1. The summed E-state index contributed by atoms with van der Waals surface area (Å²) in [6, 6.07) is 0. The van der Waals surface area contributed by atoms with E-state index in [1.54, 1.807) is 17.8 Å². The number of hydrazine groups is 1. The highest BCUT2D eigenvalue weighted by molar-refractivity contribution is 7.03. The van der Waals surface area contributed by atoms with Gasteiger partial charge in [0.2, 0.25) is 11.6 Å². The lowest BCUT2D eigenvalue weighted by atomic mass is 10.5. The van der Waals surface area contributed by atoms with Crippen LogP contribution in [0.3, 0.4) is 0 Å². The zero-order valence-electron chi connectivity index (χ0n) is 7.34. The Labute approximate surface area is 88.5 Å². The number of aromatic nitrogens is 4. The number of rotatable bonds is 2. The van der Waals surface area contributed by atoms with Crippen LogP contribution < -0.4 is 10.6 Å². The Balaban J connectivity index is 1.78. The number of nitrogens with one attached hydrogen (secondary N) is 2. The third kappa shape index (κ3) is 1.40. The van der Waals surface area contributed by atoms with Gasteiger partial charge in [-0.05, 0) is 11.5 Å². The van der Waals surface area contributed by atoms with Crippen LogP contribution in [-0.4, -0.2) is 19.6 Å². The molecule has 2 aromatic heterocycles. The number of anilines is 1. The summed E-state index contributed by atoms with van der Waals surface area (Å²) in [5.74, 6) is 1.66. The Morgan fingerprint density at radius 3 is 3.27 bits per heavy atom. The van der Waals surface area contributed by atoms with Gasteiger partial charge >= 0.3 is 0 Å². The van der Waals surface area contributed by atoms with Crippen LogP contribution in [0.4, 0.5) is 5.82 Å². The molecular formula is C7H5N6OS. The minimum Gasteiger partial charge on any atom is -0.351 e. The van der Waals surface area contributed by atoms with Crippen LogP contribution in [0.15, 0.2) is 17.8 Å². The molecule has 0 aromatic carbocycles. The Morgan fingerprint density at radius 1 is 1.53 bits per heavy atom. The van der Waals surface area contributed by atoms with E-state index >= 15 is 0 Å². The van der Waals surface area contributed by atoms with E-state index in [1.165, 1.54) is 16.7 Å². The first-order chi connectivity index (χ1) is 7.43. The molecule has 2 N–H and O–H groups in total. The molecule has 2 aromatic rings. The monoisotopic (exact) mass is 221 g/mol. The molecule has 0 fully saturated rings. The summed E-state index contributed by atoms with van der Waals surface area (Å²) in [7, 11) is 0. The maximum atomic E-state index is 5.39. The fraction of sp³-hybridized carbons (Fsp3) is 0. The number of nitrogens with zero attached hydrogens (tertiary/aromatic N) is 4. The van der Waals surface area contributed by atoms with Gasteiger partial charge in [-0.3, -0.25) is 5.43 Å². The highest BCUT2D eigenvalue weighted by Crippen LogP contribution is 2.20. The lowest BCUT2D eigenvalue weighted by Gasteiger charge is -2.12. The van der Waals surface area contributed by atoms with Crippen molar-refractivity contribution in [3.63, 3.8) is 0 Å². The molecule has 3 rings (SSSR count). The number of H-pyrrole nitrogens is 1. The fourth-order valence-corrected chi connectivity index (χ4v) is 1.50. The van der Waals surface area contributed by atoms with E-state index < -0.39 is 0 Å². The minimum atomic E-state index is 0.480. The topological polar surface area (TPSA) is 79.0 Å². The second kappa shape index (κ2) is 3.24. The van der Waals surface area contributed by atoms with Gasteiger partial charge in [-0.15, -0.1) is 5.10 Å². The van der Waals surface area contributed by atoms with Crippen molar-refractivity contribution in [1.82, 2.24) is 25.0 Å². The first-order valence-electron chi connectivity index (χ1n) is 4.07. The Hall–Kier alpha value is -2.09. The zero-order chi connectivity index (χ0) is 10.1. The quantitative estimate of drug-likeness (QED) is 0.760. The highest BCUT2D eigenvalue weighted by Gasteiger charge is 2.21. The lowest BCUT2D eigenvalue weighted by Crippen LogP contribution is -2.28. The van der Waals surface area contributed by atoms with E-state index in [-0.39, 0.29) is 0 Å². The molecule has 1 radical (unpaired) electrons. The molecule has 1 aliphatic heterocycles. The fourth-order valence-electron chi connectivity index (χ4n) is 1.08. The smallest absolute Gasteiger partial charge is 0.227 e. The van der Waals surface area contributed by atoms with E-state index in [0.717, 1.165) is 0 Å². The van der Waals surface area contributed by atoms with E-state index in [9.17, 15) is 0 Å². The Kier molecular flexibility index (Phi) is 1.78. The minimum absolute atomic E-state index is 0.480. The molecule has 15 heavy (non-hydrogen) atoms. The van der Waals surface area contributed by atoms with Crippen molar-refractivity contribution in [3.05, 3.63) is 29.8 Å². The predicted molar refractivity (Wildman–Crippen MR) is 51.8 cm³/mol. The van der Waals surface area contributed by atoms with Crippen molar-refractivity contribution < 1.29 is 4.84 Å². The second-order valence-electron chi connectivity index (χ2n) is 2.65. The van der Waals surface area contributed by atoms with E-state index in [2.05, 4.69) is 31.2 Å². The Morgan fingerprint density at radius 2 is 2.53 bits per heavy atom. The predicted octanol–water partition coefficient (Wildman–Crippen LogP) is 0.319. The number of aromatic amines is 1. The summed E-state index contributed by atoms with van der Waals surface area (Å²) in [4.78, 5) is 12.3. The molecule has 0 bridgehead atoms. The molecule has 0 amide bonds. The molecule has 0 atom stereocenters. The van der Waals surface area contributed by atoms with E-state index in [4.69, 9.17) is 4.84 Å². The molecule has 3 heterocycles. The first-order valence-corrected chi connectivity index (χ1v) is 4.90. The van der Waals surface area contributed by atoms with Gasteiger partial charge in [-0.2, -0.15) is 0 Å². The van der Waals surface area contributed by atoms with Crippen LogP contribution >= 0.6 is 11.5 Å². The molecule has 8 heteroatoms. The van der Waals surface area contributed by atoms with Crippen LogP contribution in [0.2, 0.25) is 0 Å². The Bertz CT molecular complexity index is 464. The van der Waals surface area contributed by atoms with Crippen LogP contribution in [0, 0.1) is 6.20 Å². The van der Waals surface area contributed by atoms with E-state index in [1.807, 2.05) is 0 Å². The normalized spacial score (nSPS) is 14.7. The highest BCUT2D eigenvalue weighted by atomic mass is 32.1. The summed E-state index contributed by atoms with van der Waals surface area (Å²) in [6.45, 7) is 0. The molecular weight excluding hydrogens is 216 g/mol. The maximum absolute atomic E-state index is 5.39. The molecule has 0 spiro atoms. The van der Waals surface area contributed by atoms with Crippen molar-refractivity contribution >= 4 is 23.1 Å². The second-order valence-corrected chi connectivity index (χ2v) is 3.26. The zero-order valence-corrected chi connectivity index (χ0v) is 8.15. The third-order valence-corrected chi connectivity index (χ3v) is 2.22. The molecule has 0 unspecified atom stereocenters. The molecule has 0 aliphatic carbocycles. The van der Waals surface area contributed by atoms with Gasteiger partial charge in [-0.25, -0.2) is 4.98 Å². The summed E-state index contributed by atoms with van der Waals surface area (Å²) in [6.07, 6.45) is 6.16. The summed E-state index contributed by atoms with van der Waals surface area (Å²) in [5.41, 5.74) is 2.77. The largest absolute Gasteiger partial charge is 0.351 e. The van der Waals surface area contributed by atoms with Gasteiger partial charge in [0.15, 0.2) is 5.82 Å². The van der Waals surface area contributed by atoms with Crippen molar-refractivity contribution in [2.45, 2.75) is 0 Å². The summed E-state index contributed by atoms with van der Waals surface area (Å²) < 4.78 is 3.72. The molecule has 1 aliphatic rings. The van der Waals surface area contributed by atoms with Crippen molar-refractivity contribution in [2.75, 3.05) is 5.17 Å². The number of hydrogen-bond donors (Lipinski definition) is 2. The maximum Gasteiger partial charge on any atom is 0.227 e. The van der Waals surface area contributed by atoms with Crippen molar-refractivity contribution in [2.24, 2.45) is 0 Å². The van der Waals surface area contributed by atoms with Gasteiger partial charge in [0.05, 0.1) is 5.38 Å². The van der Waals surface area contributed by atoms with Crippen LogP contribution in [0.1, 0.15) is 5.82 Å². The van der Waals surface area contributed by atoms with Gasteiger partial charge in [0.25, 0.3) is 0 Å². The van der Waals surface area contributed by atoms with Crippen molar-refractivity contribution in [3.8, 4) is 0 Å². The van der Waals surface area contributed by atoms with Gasteiger partial charge < -0.3 is 9.82 Å². The molecule has 7 nitrogen and oxygen atoms in total. The summed E-state index contributed by atoms with van der Waals surface area (Å²) in [5, 5.41) is 6.95. The molecule has 75 valence electrons. The molecule has 0 saturated heterocycles. The van der Waals surface area contributed by atoms with Gasteiger partial charge in [-0.1, -0.05) is 9.66 Å². The van der Waals surface area contributed by atoms with Crippen LogP contribution in [0.5, 0.6) is 0 Å². The first kappa shape index (κ1) is 8.24. The van der Waals surface area contributed by atoms with Crippen LogP contribution in [-0.2, 0) is 4.84 Å². The average molecular weight is 221 g/mol. The van der Waals surface area contributed by atoms with Crippen LogP contribution in [0.25, 0.3) is 5.76 Å². The van der Waals surface area contributed by atoms with Gasteiger partial charge in [0.1, 0.15) is 6.20 Å². The average Bonchev–Trinajstić information content (AvgIpc) is 3.02.